The van der Waals surface area contributed by atoms with E-state index in [4.69, 9.17) is 5.11 Å². The highest BCUT2D eigenvalue weighted by Crippen LogP contribution is 2.47. The molecule has 1 unspecified atom stereocenters. The van der Waals surface area contributed by atoms with E-state index in [1.54, 1.807) is 0 Å². The number of nitrogens with zero attached hydrogens (tertiary/aromatic N) is 1. The number of rotatable bonds is 5. The Kier molecular flexibility index (Phi) is 3.55. The lowest BCUT2D eigenvalue weighted by molar-refractivity contribution is -0.132. The minimum atomic E-state index is -3.32. The zero-order valence-corrected chi connectivity index (χ0v) is 12.0. The maximum atomic E-state index is 12.6. The van der Waals surface area contributed by atoms with Crippen molar-refractivity contribution in [3.05, 3.63) is 11.8 Å². The first-order chi connectivity index (χ1) is 8.78. The predicted molar refractivity (Wildman–Crippen MR) is 72.9 cm³/mol. The normalized spacial score (nSPS) is 27.4. The number of aliphatic imine (C=N–C) groups is 1. The maximum absolute atomic E-state index is 12.6. The van der Waals surface area contributed by atoms with Gasteiger partial charge in [-0.25, -0.2) is 13.2 Å². The summed E-state index contributed by atoms with van der Waals surface area (Å²) in [7, 11) is -3.32. The zero-order chi connectivity index (χ0) is 14.3. The van der Waals surface area contributed by atoms with Crippen LogP contribution in [-0.4, -0.2) is 36.2 Å². The second-order valence-corrected chi connectivity index (χ2v) is 8.08. The summed E-state index contributed by atoms with van der Waals surface area (Å²) in [5, 5.41) is 8.88. The Hall–Kier alpha value is -1.17. The summed E-state index contributed by atoms with van der Waals surface area (Å²) in [5.41, 5.74) is -0.0592. The van der Waals surface area contributed by atoms with Crippen molar-refractivity contribution in [1.29, 1.82) is 0 Å². The number of carboxylic acid groups (broad SMARTS) is 1. The number of hydrogen-bond acceptors (Lipinski definition) is 4. The monoisotopic (exact) mass is 285 g/mol. The molecule has 0 aromatic heterocycles. The molecule has 5 nitrogen and oxygen atoms in total. The molecule has 19 heavy (non-hydrogen) atoms. The minimum absolute atomic E-state index is 0.0545. The molecule has 0 saturated heterocycles. The lowest BCUT2D eigenvalue weighted by atomic mass is 9.97. The first kappa shape index (κ1) is 14.2. The zero-order valence-electron chi connectivity index (χ0n) is 11.2. The van der Waals surface area contributed by atoms with Crippen LogP contribution in [0.3, 0.4) is 0 Å². The molecule has 0 aromatic rings. The molecule has 1 aliphatic heterocycles. The highest BCUT2D eigenvalue weighted by Gasteiger charge is 2.53. The van der Waals surface area contributed by atoms with E-state index >= 15 is 0 Å². The number of allylic oxidation sites excluding steroid dienone is 1. The van der Waals surface area contributed by atoms with Gasteiger partial charge in [-0.05, 0) is 37.2 Å². The summed E-state index contributed by atoms with van der Waals surface area (Å²) in [6.45, 7) is 3.74. The van der Waals surface area contributed by atoms with Gasteiger partial charge in [0, 0.05) is 6.21 Å². The lowest BCUT2D eigenvalue weighted by Gasteiger charge is -2.31. The third kappa shape index (κ3) is 2.59. The summed E-state index contributed by atoms with van der Waals surface area (Å²) < 4.78 is 24.2. The Bertz CT molecular complexity index is 543. The fourth-order valence-electron chi connectivity index (χ4n) is 2.58. The molecule has 6 heteroatoms. The van der Waals surface area contributed by atoms with E-state index in [1.807, 2.05) is 13.8 Å². The van der Waals surface area contributed by atoms with Crippen LogP contribution in [0.2, 0.25) is 0 Å². The van der Waals surface area contributed by atoms with Crippen LogP contribution in [-0.2, 0) is 14.6 Å². The second kappa shape index (κ2) is 4.74. The largest absolute Gasteiger partial charge is 0.477 e. The third-order valence-electron chi connectivity index (χ3n) is 3.66. The molecule has 0 amide bonds. The van der Waals surface area contributed by atoms with Crippen LogP contribution >= 0.6 is 0 Å². The quantitative estimate of drug-likeness (QED) is 0.832. The number of carbonyl (C=O) groups is 1. The van der Waals surface area contributed by atoms with Crippen molar-refractivity contribution >= 4 is 22.0 Å². The van der Waals surface area contributed by atoms with E-state index in [0.717, 1.165) is 12.8 Å². The molecule has 106 valence electrons. The highest BCUT2D eigenvalue weighted by molar-refractivity contribution is 7.93. The molecule has 0 aromatic carbocycles. The average molecular weight is 285 g/mol. The molecule has 1 saturated carbocycles. The molecule has 0 spiro atoms. The molecular weight excluding hydrogens is 266 g/mol. The van der Waals surface area contributed by atoms with E-state index in [9.17, 15) is 13.2 Å². The number of sulfone groups is 1. The topological polar surface area (TPSA) is 83.8 Å². The van der Waals surface area contributed by atoms with Crippen molar-refractivity contribution in [2.24, 2.45) is 16.8 Å². The Balaban J connectivity index is 2.33. The SMILES string of the molecule is CC(C)CS(=O)(=O)C1(C2CC2)C=NC(C(=O)O)=CC1. The summed E-state index contributed by atoms with van der Waals surface area (Å²) in [4.78, 5) is 14.7. The smallest absolute Gasteiger partial charge is 0.354 e. The Morgan fingerprint density at radius 3 is 2.53 bits per heavy atom. The molecule has 1 N–H and O–H groups in total. The maximum Gasteiger partial charge on any atom is 0.354 e. The van der Waals surface area contributed by atoms with Gasteiger partial charge in [-0.3, -0.25) is 4.99 Å². The van der Waals surface area contributed by atoms with Crippen LogP contribution < -0.4 is 0 Å². The molecule has 0 bridgehead atoms. The van der Waals surface area contributed by atoms with Crippen LogP contribution in [0.15, 0.2) is 16.8 Å². The summed E-state index contributed by atoms with van der Waals surface area (Å²) in [5.74, 6) is -0.849. The molecule has 1 fully saturated rings. The van der Waals surface area contributed by atoms with Gasteiger partial charge in [-0.2, -0.15) is 0 Å². The fraction of sp³-hybridized carbons (Fsp3) is 0.692. The van der Waals surface area contributed by atoms with E-state index in [-0.39, 0.29) is 29.7 Å². The number of carboxylic acids is 1. The molecule has 1 atom stereocenters. The summed E-state index contributed by atoms with van der Waals surface area (Å²) in [6, 6.07) is 0. The Morgan fingerprint density at radius 1 is 1.53 bits per heavy atom. The van der Waals surface area contributed by atoms with E-state index < -0.39 is 20.6 Å². The second-order valence-electron chi connectivity index (χ2n) is 5.76. The van der Waals surface area contributed by atoms with E-state index in [2.05, 4.69) is 4.99 Å². The molecule has 1 heterocycles. The Labute approximate surface area is 113 Å². The van der Waals surface area contributed by atoms with E-state index in [1.165, 1.54) is 12.3 Å². The molecular formula is C13H19NO4S. The van der Waals surface area contributed by atoms with Gasteiger partial charge in [0.25, 0.3) is 0 Å². The van der Waals surface area contributed by atoms with Gasteiger partial charge in [-0.15, -0.1) is 0 Å². The number of aliphatic carboxylic acids is 1. The van der Waals surface area contributed by atoms with Gasteiger partial charge in [0.2, 0.25) is 0 Å². The standard InChI is InChI=1S/C13H19NO4S/c1-9(2)7-19(17,18)13(10-3-4-10)6-5-11(12(15)16)14-8-13/h5,8-10H,3-4,6-7H2,1-2H3,(H,15,16). The first-order valence-electron chi connectivity index (χ1n) is 6.49. The third-order valence-corrected chi connectivity index (χ3v) is 6.52. The molecule has 1 aliphatic carbocycles. The average Bonchev–Trinajstić information content (AvgIpc) is 3.10. The van der Waals surface area contributed by atoms with Gasteiger partial charge in [-0.1, -0.05) is 13.8 Å². The van der Waals surface area contributed by atoms with Crippen molar-refractivity contribution < 1.29 is 18.3 Å². The first-order valence-corrected chi connectivity index (χ1v) is 8.15. The van der Waals surface area contributed by atoms with Crippen molar-refractivity contribution in [1.82, 2.24) is 0 Å². The van der Waals surface area contributed by atoms with Gasteiger partial charge in [0.05, 0.1) is 5.75 Å². The van der Waals surface area contributed by atoms with Gasteiger partial charge < -0.3 is 5.11 Å². The molecule has 2 rings (SSSR count). The van der Waals surface area contributed by atoms with Crippen molar-refractivity contribution in [3.63, 3.8) is 0 Å². The Morgan fingerprint density at radius 2 is 2.16 bits per heavy atom. The van der Waals surface area contributed by atoms with Gasteiger partial charge >= 0.3 is 5.97 Å². The van der Waals surface area contributed by atoms with Crippen LogP contribution in [0.1, 0.15) is 33.1 Å². The predicted octanol–water partition coefficient (Wildman–Crippen LogP) is 1.65. The molecule has 2 aliphatic rings. The highest BCUT2D eigenvalue weighted by atomic mass is 32.2. The van der Waals surface area contributed by atoms with E-state index in [0.29, 0.717) is 0 Å². The van der Waals surface area contributed by atoms with Crippen LogP contribution in [0, 0.1) is 11.8 Å². The lowest BCUT2D eigenvalue weighted by Crippen LogP contribution is -2.46. The fourth-order valence-corrected chi connectivity index (χ4v) is 5.06. The van der Waals surface area contributed by atoms with Gasteiger partial charge in [0.15, 0.2) is 9.84 Å². The van der Waals surface area contributed by atoms with Crippen LogP contribution in [0.4, 0.5) is 0 Å². The van der Waals surface area contributed by atoms with Crippen molar-refractivity contribution in [2.45, 2.75) is 37.9 Å². The molecule has 0 radical (unpaired) electrons. The van der Waals surface area contributed by atoms with Crippen LogP contribution in [0.25, 0.3) is 0 Å². The summed E-state index contributed by atoms with van der Waals surface area (Å²) >= 11 is 0. The van der Waals surface area contributed by atoms with Crippen molar-refractivity contribution in [3.8, 4) is 0 Å². The van der Waals surface area contributed by atoms with Crippen LogP contribution in [0.5, 0.6) is 0 Å². The van der Waals surface area contributed by atoms with Crippen molar-refractivity contribution in [2.75, 3.05) is 5.75 Å². The minimum Gasteiger partial charge on any atom is -0.477 e. The number of hydrogen-bond donors (Lipinski definition) is 1. The summed E-state index contributed by atoms with van der Waals surface area (Å²) in [6.07, 6.45) is 4.81. The van der Waals surface area contributed by atoms with Gasteiger partial charge in [0.1, 0.15) is 10.4 Å².